The smallest absolute Gasteiger partial charge is 0.417 e. The molecule has 1 heterocycles. The molecule has 1 aromatic carbocycles. The topological polar surface area (TPSA) is 65.2 Å². The van der Waals surface area contributed by atoms with Crippen LogP contribution < -0.4 is 4.74 Å². The van der Waals surface area contributed by atoms with E-state index in [1.807, 2.05) is 30.3 Å². The van der Waals surface area contributed by atoms with Gasteiger partial charge in [-0.2, -0.15) is 4.98 Å². The van der Waals surface area contributed by atoms with Crippen LogP contribution in [0.1, 0.15) is 5.82 Å². The van der Waals surface area contributed by atoms with Crippen molar-refractivity contribution in [2.45, 2.75) is 11.8 Å². The molecule has 0 unspecified atom stereocenters. The highest BCUT2D eigenvalue weighted by Crippen LogP contribution is 2.08. The van der Waals surface area contributed by atoms with Crippen LogP contribution in [-0.4, -0.2) is 26.7 Å². The summed E-state index contributed by atoms with van der Waals surface area (Å²) in [6, 6.07) is 9.25. The molecule has 1 atom stereocenters. The van der Waals surface area contributed by atoms with Gasteiger partial charge in [0.05, 0.1) is 16.6 Å². The van der Waals surface area contributed by atoms with Gasteiger partial charge in [-0.15, -0.1) is 0 Å². The summed E-state index contributed by atoms with van der Waals surface area (Å²) in [4.78, 5) is 4.67. The summed E-state index contributed by atoms with van der Waals surface area (Å²) in [5, 5.41) is 3.59. The highest BCUT2D eigenvalue weighted by molar-refractivity contribution is 7.85. The summed E-state index contributed by atoms with van der Waals surface area (Å²) < 4.78 is 21.8. The van der Waals surface area contributed by atoms with Gasteiger partial charge in [0, 0.05) is 4.90 Å². The van der Waals surface area contributed by atoms with Crippen molar-refractivity contribution in [2.24, 2.45) is 0 Å². The highest BCUT2D eigenvalue weighted by atomic mass is 32.2. The lowest BCUT2D eigenvalue weighted by molar-refractivity contribution is 0.216. The van der Waals surface area contributed by atoms with Crippen LogP contribution in [0.2, 0.25) is 0 Å². The van der Waals surface area contributed by atoms with E-state index in [1.54, 1.807) is 6.92 Å². The molecule has 0 radical (unpaired) electrons. The zero-order valence-electron chi connectivity index (χ0n) is 9.33. The van der Waals surface area contributed by atoms with E-state index in [-0.39, 0.29) is 12.7 Å². The average Bonchev–Trinajstić information content (AvgIpc) is 2.76. The molecule has 0 saturated heterocycles. The molecule has 0 aliphatic rings. The third kappa shape index (κ3) is 3.39. The third-order valence-electron chi connectivity index (χ3n) is 2.01. The van der Waals surface area contributed by atoms with Crippen LogP contribution in [0.3, 0.4) is 0 Å². The van der Waals surface area contributed by atoms with Gasteiger partial charge in [0.15, 0.2) is 5.82 Å². The number of hydrogen-bond acceptors (Lipinski definition) is 5. The maximum Gasteiger partial charge on any atom is 0.417 e. The second-order valence-corrected chi connectivity index (χ2v) is 4.89. The van der Waals surface area contributed by atoms with E-state index in [2.05, 4.69) is 10.1 Å². The van der Waals surface area contributed by atoms with Crippen molar-refractivity contribution in [1.29, 1.82) is 0 Å². The lowest BCUT2D eigenvalue weighted by Crippen LogP contribution is -2.08. The molecule has 17 heavy (non-hydrogen) atoms. The minimum absolute atomic E-state index is 0.118. The van der Waals surface area contributed by atoms with Crippen LogP contribution in [0, 0.1) is 6.92 Å². The van der Waals surface area contributed by atoms with Crippen LogP contribution in [0.15, 0.2) is 39.8 Å². The van der Waals surface area contributed by atoms with Gasteiger partial charge in [0.1, 0.15) is 6.61 Å². The summed E-state index contributed by atoms with van der Waals surface area (Å²) in [5.74, 6) is 0.912. The Morgan fingerprint density at radius 1 is 1.35 bits per heavy atom. The number of aryl methyl sites for hydroxylation is 1. The number of benzene rings is 1. The van der Waals surface area contributed by atoms with E-state index >= 15 is 0 Å². The van der Waals surface area contributed by atoms with Crippen LogP contribution in [0.4, 0.5) is 0 Å². The standard InChI is InChI=1S/C11H12N2O3S/c1-9-12-11(16-13-9)15-7-8-17(14)10-5-3-2-4-6-10/h2-6H,7-8H2,1H3/t17-/m1/s1. The van der Waals surface area contributed by atoms with Crippen molar-refractivity contribution >= 4 is 10.8 Å². The number of nitrogens with zero attached hydrogens (tertiary/aromatic N) is 2. The fraction of sp³-hybridized carbons (Fsp3) is 0.273. The lowest BCUT2D eigenvalue weighted by atomic mass is 10.4. The molecule has 2 aromatic rings. The molecule has 0 N–H and O–H groups in total. The van der Waals surface area contributed by atoms with Crippen LogP contribution in [-0.2, 0) is 10.8 Å². The van der Waals surface area contributed by atoms with Gasteiger partial charge in [0.25, 0.3) is 0 Å². The summed E-state index contributed by atoms with van der Waals surface area (Å²) >= 11 is 0. The van der Waals surface area contributed by atoms with E-state index in [0.717, 1.165) is 4.90 Å². The van der Waals surface area contributed by atoms with E-state index in [0.29, 0.717) is 11.6 Å². The van der Waals surface area contributed by atoms with E-state index in [1.165, 1.54) is 0 Å². The molecule has 2 rings (SSSR count). The molecule has 90 valence electrons. The molecule has 6 heteroatoms. The van der Waals surface area contributed by atoms with Crippen LogP contribution >= 0.6 is 0 Å². The van der Waals surface area contributed by atoms with E-state index in [4.69, 9.17) is 9.26 Å². The Kier molecular flexibility index (Phi) is 3.87. The van der Waals surface area contributed by atoms with Crippen molar-refractivity contribution in [3.05, 3.63) is 36.2 Å². The summed E-state index contributed by atoms with van der Waals surface area (Å²) in [6.07, 6.45) is 0.118. The SMILES string of the molecule is Cc1noc(OCC[S@@](=O)c2ccccc2)n1. The Bertz CT molecular complexity index is 498. The first-order valence-corrected chi connectivity index (χ1v) is 6.44. The predicted molar refractivity (Wildman–Crippen MR) is 62.2 cm³/mol. The van der Waals surface area contributed by atoms with Crippen molar-refractivity contribution < 1.29 is 13.5 Å². The van der Waals surface area contributed by atoms with E-state index in [9.17, 15) is 4.21 Å². The summed E-state index contributed by atoms with van der Waals surface area (Å²) in [6.45, 7) is 1.99. The zero-order chi connectivity index (χ0) is 12.1. The number of hydrogen-bond donors (Lipinski definition) is 0. The van der Waals surface area contributed by atoms with Gasteiger partial charge >= 0.3 is 6.08 Å². The van der Waals surface area contributed by atoms with Crippen molar-refractivity contribution in [3.63, 3.8) is 0 Å². The molecule has 0 bridgehead atoms. The van der Waals surface area contributed by atoms with Gasteiger partial charge in [-0.05, 0) is 19.1 Å². The Balaban J connectivity index is 1.81. The maximum absolute atomic E-state index is 11.8. The monoisotopic (exact) mass is 252 g/mol. The quantitative estimate of drug-likeness (QED) is 0.808. The Morgan fingerprint density at radius 3 is 2.76 bits per heavy atom. The fourth-order valence-electron chi connectivity index (χ4n) is 1.23. The molecule has 0 fully saturated rings. The van der Waals surface area contributed by atoms with Gasteiger partial charge in [-0.25, -0.2) is 0 Å². The zero-order valence-corrected chi connectivity index (χ0v) is 10.1. The van der Waals surface area contributed by atoms with Gasteiger partial charge < -0.3 is 4.74 Å². The maximum atomic E-state index is 11.8. The van der Waals surface area contributed by atoms with Gasteiger partial charge in [-0.1, -0.05) is 23.4 Å². The first-order chi connectivity index (χ1) is 8.25. The van der Waals surface area contributed by atoms with Gasteiger partial charge in [0.2, 0.25) is 0 Å². The summed E-state index contributed by atoms with van der Waals surface area (Å²) in [5.41, 5.74) is 0. The second-order valence-electron chi connectivity index (χ2n) is 3.32. The lowest BCUT2D eigenvalue weighted by Gasteiger charge is -2.01. The molecule has 0 aliphatic carbocycles. The molecular formula is C11H12N2O3S. The number of ether oxygens (including phenoxy) is 1. The average molecular weight is 252 g/mol. The first kappa shape index (κ1) is 11.8. The van der Waals surface area contributed by atoms with Crippen LogP contribution in [0.5, 0.6) is 6.08 Å². The van der Waals surface area contributed by atoms with Crippen molar-refractivity contribution in [2.75, 3.05) is 12.4 Å². The molecule has 5 nitrogen and oxygen atoms in total. The molecule has 1 aromatic heterocycles. The van der Waals surface area contributed by atoms with Gasteiger partial charge in [-0.3, -0.25) is 8.73 Å². The Hall–Kier alpha value is -1.69. The molecule has 0 spiro atoms. The van der Waals surface area contributed by atoms with Crippen molar-refractivity contribution in [1.82, 2.24) is 10.1 Å². The molecule has 0 amide bonds. The molecule has 0 saturated carbocycles. The third-order valence-corrected chi connectivity index (χ3v) is 3.34. The largest absolute Gasteiger partial charge is 0.448 e. The number of rotatable bonds is 5. The minimum atomic E-state index is -1.07. The first-order valence-electron chi connectivity index (χ1n) is 5.12. The fourth-order valence-corrected chi connectivity index (χ4v) is 2.16. The Labute approximate surface area is 101 Å². The highest BCUT2D eigenvalue weighted by Gasteiger charge is 2.06. The molecule has 0 aliphatic heterocycles. The van der Waals surface area contributed by atoms with E-state index < -0.39 is 10.8 Å². The second kappa shape index (κ2) is 5.58. The van der Waals surface area contributed by atoms with Crippen LogP contribution in [0.25, 0.3) is 0 Å². The Morgan fingerprint density at radius 2 is 2.12 bits per heavy atom. The number of aromatic nitrogens is 2. The van der Waals surface area contributed by atoms with Crippen molar-refractivity contribution in [3.8, 4) is 6.08 Å². The molecular weight excluding hydrogens is 240 g/mol. The minimum Gasteiger partial charge on any atom is -0.448 e. The normalized spacial score (nSPS) is 12.3. The summed E-state index contributed by atoms with van der Waals surface area (Å²) in [7, 11) is -1.07. The predicted octanol–water partition coefficient (Wildman–Crippen LogP) is 1.56.